The van der Waals surface area contributed by atoms with Gasteiger partial charge in [0.25, 0.3) is 0 Å². The van der Waals surface area contributed by atoms with Gasteiger partial charge in [0.2, 0.25) is 17.7 Å². The summed E-state index contributed by atoms with van der Waals surface area (Å²) in [7, 11) is 3.14. The maximum absolute atomic E-state index is 14.7. The molecule has 0 spiro atoms. The van der Waals surface area contributed by atoms with Crippen molar-refractivity contribution < 1.29 is 65.2 Å². The van der Waals surface area contributed by atoms with Crippen molar-refractivity contribution in [3.63, 3.8) is 0 Å². The van der Waals surface area contributed by atoms with Crippen LogP contribution >= 0.6 is 0 Å². The molecule has 0 aliphatic carbocycles. The Morgan fingerprint density at radius 3 is 1.29 bits per heavy atom. The number of H-pyrrole nitrogens is 1. The first-order valence-corrected chi connectivity index (χ1v) is 31.0. The normalized spacial score (nSPS) is 10.5. The summed E-state index contributed by atoms with van der Waals surface area (Å²) < 4.78 is 83.8. The zero-order valence-electron chi connectivity index (χ0n) is 54.7. The quantitative estimate of drug-likeness (QED) is 0.0332. The molecular weight excluding hydrogens is 1260 g/mol. The summed E-state index contributed by atoms with van der Waals surface area (Å²) in [5.41, 5.74) is 9.96. The van der Waals surface area contributed by atoms with Crippen LogP contribution in [0.15, 0.2) is 182 Å². The fraction of sp³-hybridized carbons (Fsp3) is 0.243. The van der Waals surface area contributed by atoms with E-state index in [9.17, 15) is 31.9 Å². The average Bonchev–Trinajstić information content (AvgIpc) is 0.858. The zero-order chi connectivity index (χ0) is 70.0. The molecule has 0 saturated heterocycles. The van der Waals surface area contributed by atoms with Gasteiger partial charge in [-0.2, -0.15) is 14.8 Å². The second kappa shape index (κ2) is 39.5. The van der Waals surface area contributed by atoms with Gasteiger partial charge in [-0.3, -0.25) is 29.3 Å². The van der Waals surface area contributed by atoms with Crippen molar-refractivity contribution in [2.24, 2.45) is 0 Å². The average molecular weight is 1340 g/mol. The molecule has 0 unspecified atom stereocenters. The smallest absolute Gasteiger partial charge is 0.373 e. The van der Waals surface area contributed by atoms with Crippen molar-refractivity contribution >= 4 is 23.9 Å². The fourth-order valence-electron chi connectivity index (χ4n) is 9.53. The van der Waals surface area contributed by atoms with E-state index >= 15 is 0 Å². The number of hydrogen-bond acceptors (Lipinski definition) is 16. The van der Waals surface area contributed by atoms with Crippen molar-refractivity contribution in [3.8, 4) is 50.6 Å². The summed E-state index contributed by atoms with van der Waals surface area (Å²) in [4.78, 5) is 65.7. The van der Waals surface area contributed by atoms with E-state index < -0.39 is 11.6 Å². The first-order chi connectivity index (χ1) is 47.5. The maximum atomic E-state index is 14.7. The van der Waals surface area contributed by atoms with Crippen LogP contribution in [0.25, 0.3) is 33.4 Å². The second-order valence-electron chi connectivity index (χ2n) is 22.0. The first kappa shape index (κ1) is 74.1. The summed E-state index contributed by atoms with van der Waals surface area (Å²) in [6.07, 6.45) is 6.31. The number of carbonyl (C=O) groups is 3. The van der Waals surface area contributed by atoms with Crippen LogP contribution in [0.3, 0.4) is 0 Å². The van der Waals surface area contributed by atoms with Gasteiger partial charge in [0.1, 0.15) is 46.6 Å². The minimum atomic E-state index is -0.450. The van der Waals surface area contributed by atoms with Crippen LogP contribution in [0.5, 0.6) is 17.2 Å². The van der Waals surface area contributed by atoms with Gasteiger partial charge in [-0.15, -0.1) is 10.2 Å². The number of aromatic nitrogens is 7. The minimum absolute atomic E-state index is 0.0607. The Kier molecular flexibility index (Phi) is 29.9. The monoisotopic (exact) mass is 1340 g/mol. The number of hydrogen-bond donors (Lipinski definition) is 4. The number of amides is 3. The van der Waals surface area contributed by atoms with Gasteiger partial charge in [-0.1, -0.05) is 102 Å². The van der Waals surface area contributed by atoms with Crippen LogP contribution in [-0.4, -0.2) is 106 Å². The largest absolute Gasteiger partial charge is 0.494 e. The van der Waals surface area contributed by atoms with Crippen molar-refractivity contribution in [2.75, 3.05) is 40.6 Å². The van der Waals surface area contributed by atoms with E-state index in [0.717, 1.165) is 28.7 Å². The molecule has 0 saturated carbocycles. The lowest BCUT2D eigenvalue weighted by atomic mass is 10.1. The summed E-state index contributed by atoms with van der Waals surface area (Å²) in [5.74, 6) is -0.234. The second-order valence-corrected chi connectivity index (χ2v) is 22.0. The van der Waals surface area contributed by atoms with Gasteiger partial charge < -0.3 is 39.6 Å². The van der Waals surface area contributed by atoms with Gasteiger partial charge in [0.15, 0.2) is 5.82 Å². The molecule has 0 radical (unpaired) electrons. The molecule has 10 rings (SSSR count). The SMILES string of the molecule is CCCOc1ccc(-c2ccc(CC(=O)NCc3cccc(C)c3)nc2)c(F)c1.COCC(COC)Oc1ccc(-c2ccc(CC(=O)NCc3cccc(C)c3)nc2)c(F)c1.O=C(Cc1ccc(-c2ccc(OCCc3nn[nH]n3)cc2F)cn1)NCc1cccc(F)c1.O=C=O. The van der Waals surface area contributed by atoms with Crippen LogP contribution in [0.4, 0.5) is 17.6 Å². The highest BCUT2D eigenvalue weighted by molar-refractivity contribution is 5.79. The Hall–Kier alpha value is -11.3. The Labute approximate surface area is 564 Å². The first-order valence-electron chi connectivity index (χ1n) is 31.0. The highest BCUT2D eigenvalue weighted by atomic mass is 19.1. The van der Waals surface area contributed by atoms with Crippen molar-refractivity contribution in [1.82, 2.24) is 51.5 Å². The molecule has 3 amide bonds. The lowest BCUT2D eigenvalue weighted by Crippen LogP contribution is -2.27. The number of nitrogens with one attached hydrogen (secondary N) is 4. The fourth-order valence-corrected chi connectivity index (χ4v) is 9.53. The number of tetrazole rings is 1. The molecular formula is C74H74F4N10O10. The topological polar surface area (TPSA) is 261 Å². The zero-order valence-corrected chi connectivity index (χ0v) is 54.7. The molecule has 0 atom stereocenters. The highest BCUT2D eigenvalue weighted by Gasteiger charge is 2.16. The number of methoxy groups -OCH3 is 2. The van der Waals surface area contributed by atoms with E-state index in [2.05, 4.69) is 51.5 Å². The number of benzene rings is 6. The number of aryl methyl sites for hydroxylation is 2. The number of rotatable bonds is 28. The lowest BCUT2D eigenvalue weighted by Gasteiger charge is -2.18. The molecule has 6 aromatic carbocycles. The van der Waals surface area contributed by atoms with Crippen molar-refractivity contribution in [3.05, 3.63) is 256 Å². The highest BCUT2D eigenvalue weighted by Crippen LogP contribution is 2.29. The van der Waals surface area contributed by atoms with Crippen molar-refractivity contribution in [1.29, 1.82) is 0 Å². The Morgan fingerprint density at radius 2 is 0.918 bits per heavy atom. The van der Waals surface area contributed by atoms with Crippen molar-refractivity contribution in [2.45, 2.75) is 78.6 Å². The van der Waals surface area contributed by atoms with Gasteiger partial charge in [-0.05, 0) is 104 Å². The summed E-state index contributed by atoms with van der Waals surface area (Å²) in [6.45, 7) is 8.72. The van der Waals surface area contributed by atoms with Crippen LogP contribution in [0, 0.1) is 37.1 Å². The van der Waals surface area contributed by atoms with E-state index in [1.165, 1.54) is 36.5 Å². The Bertz CT molecular complexity index is 4180. The van der Waals surface area contributed by atoms with E-state index in [1.807, 2.05) is 69.3 Å². The predicted molar refractivity (Wildman–Crippen MR) is 357 cm³/mol. The molecule has 4 N–H and O–H groups in total. The molecule has 98 heavy (non-hydrogen) atoms. The molecule has 0 aliphatic rings. The van der Waals surface area contributed by atoms with E-state index in [-0.39, 0.29) is 74.0 Å². The van der Waals surface area contributed by atoms with Crippen LogP contribution < -0.4 is 30.2 Å². The van der Waals surface area contributed by atoms with Crippen LogP contribution in [-0.2, 0) is 78.8 Å². The van der Waals surface area contributed by atoms with Gasteiger partial charge >= 0.3 is 6.15 Å². The molecule has 24 heteroatoms. The number of aromatic amines is 1. The minimum Gasteiger partial charge on any atom is -0.494 e. The number of nitrogens with zero attached hydrogens (tertiary/aromatic N) is 6. The Morgan fingerprint density at radius 1 is 0.510 bits per heavy atom. The molecule has 0 aliphatic heterocycles. The molecule has 20 nitrogen and oxygen atoms in total. The lowest BCUT2D eigenvalue weighted by molar-refractivity contribution is -0.191. The van der Waals surface area contributed by atoms with Crippen LogP contribution in [0.1, 0.15) is 64.1 Å². The summed E-state index contributed by atoms with van der Waals surface area (Å²) in [6, 6.07) is 46.5. The van der Waals surface area contributed by atoms with E-state index in [1.54, 1.807) is 112 Å². The molecule has 4 aromatic heterocycles. The molecule has 0 fully saturated rings. The van der Waals surface area contributed by atoms with E-state index in [4.69, 9.17) is 33.3 Å². The number of carbonyl (C=O) groups excluding carboxylic acids is 5. The number of pyridine rings is 3. The summed E-state index contributed by atoms with van der Waals surface area (Å²) in [5, 5.41) is 22.0. The third-order valence-corrected chi connectivity index (χ3v) is 14.2. The predicted octanol–water partition coefficient (Wildman–Crippen LogP) is 11.4. The number of ether oxygens (including phenoxy) is 5. The standard InChI is InChI=1S/C26H29FN2O4.C24H25FN2O2.C23H20F2N6O2.CO2/c1-18-5-4-6-19(11-18)14-29-26(30)12-21-8-7-20(15-28-21)24-10-9-22(13-25(24)27)33-23(16-31-2)17-32-3;1-3-11-29-21-9-10-22(23(25)14-21)19-7-8-20(26-16-19)13-24(28)27-15-18-6-4-5-17(2)12-18;24-17-3-1-2-15(10-17)13-27-23(32)11-18-5-4-16(14-26-18)20-7-6-19(12-21(20)25)33-9-8-22-28-30-31-29-22;2-1-3/h4-11,13,15,23H,12,14,16-17H2,1-3H3,(H,29,30);4-10,12,14,16H,3,11,13,15H2,1-2H3,(H,27,28);1-7,10,12,14H,8-9,11,13H2,(H,27,32)(H,28,29,30,31);. The number of halogens is 4. The van der Waals surface area contributed by atoms with Gasteiger partial charge in [0.05, 0.1) is 45.7 Å². The molecule has 508 valence electrons. The van der Waals surface area contributed by atoms with Gasteiger partial charge in [-0.25, -0.2) is 17.6 Å². The van der Waals surface area contributed by atoms with Crippen LogP contribution in [0.2, 0.25) is 0 Å². The van der Waals surface area contributed by atoms with E-state index in [0.29, 0.717) is 118 Å². The maximum Gasteiger partial charge on any atom is 0.373 e. The molecule has 10 aromatic rings. The molecule has 4 heterocycles. The summed E-state index contributed by atoms with van der Waals surface area (Å²) >= 11 is 0. The molecule has 0 bridgehead atoms. The third kappa shape index (κ3) is 25.1. The van der Waals surface area contributed by atoms with Gasteiger partial charge in [0, 0.05) is 128 Å². The third-order valence-electron chi connectivity index (χ3n) is 14.2. The Balaban J connectivity index is 0.000000203.